The second-order valence-corrected chi connectivity index (χ2v) is 5.62. The molecule has 0 bridgehead atoms. The van der Waals surface area contributed by atoms with E-state index < -0.39 is 17.9 Å². The van der Waals surface area contributed by atoms with Gasteiger partial charge < -0.3 is 25.0 Å². The average Bonchev–Trinajstić information content (AvgIpc) is 2.55. The Morgan fingerprint density at radius 1 is 1.33 bits per heavy atom. The minimum absolute atomic E-state index is 0.0600. The molecule has 1 heterocycles. The number of phenols is 1. The zero-order valence-corrected chi connectivity index (χ0v) is 12.4. The van der Waals surface area contributed by atoms with Gasteiger partial charge in [-0.2, -0.15) is 0 Å². The number of rotatable bonds is 2. The predicted octanol–water partition coefficient (Wildman–Crippen LogP) is 0.943. The van der Waals surface area contributed by atoms with Gasteiger partial charge in [0.25, 0.3) is 5.91 Å². The van der Waals surface area contributed by atoms with Crippen molar-refractivity contribution in [3.63, 3.8) is 0 Å². The number of hydrogen-bond donors (Lipinski definition) is 3. The van der Waals surface area contributed by atoms with Crippen LogP contribution in [0.4, 0.5) is 0 Å². The number of aliphatic hydroxyl groups is 1. The van der Waals surface area contributed by atoms with Crippen LogP contribution in [0.15, 0.2) is 18.2 Å². The number of carbonyl (C=O) groups is 1. The Morgan fingerprint density at radius 2 is 2.00 bits per heavy atom. The van der Waals surface area contributed by atoms with Gasteiger partial charge in [-0.25, -0.2) is 0 Å². The van der Waals surface area contributed by atoms with Gasteiger partial charge >= 0.3 is 0 Å². The molecule has 2 rings (SSSR count). The lowest BCUT2D eigenvalue weighted by molar-refractivity contribution is -0.203. The van der Waals surface area contributed by atoms with Crippen LogP contribution in [0.1, 0.15) is 29.8 Å². The Labute approximate surface area is 123 Å². The Balaban J connectivity index is 2.10. The number of phenolic OH excluding ortho intramolecular Hbond substituents is 1. The van der Waals surface area contributed by atoms with E-state index in [1.165, 1.54) is 6.07 Å². The number of hydrogen-bond acceptors (Lipinski definition) is 5. The third-order valence-electron chi connectivity index (χ3n) is 3.54. The predicted molar refractivity (Wildman–Crippen MR) is 76.1 cm³/mol. The van der Waals surface area contributed by atoms with Gasteiger partial charge in [0.05, 0.1) is 25.4 Å². The number of ether oxygens (including phenoxy) is 2. The number of nitrogens with one attached hydrogen (secondary N) is 1. The van der Waals surface area contributed by atoms with E-state index in [4.69, 9.17) is 9.47 Å². The van der Waals surface area contributed by atoms with Crippen LogP contribution in [-0.2, 0) is 9.47 Å². The number of aliphatic hydroxyl groups excluding tert-OH is 1. The molecule has 0 radical (unpaired) electrons. The van der Waals surface area contributed by atoms with Crippen molar-refractivity contribution < 1.29 is 24.5 Å². The molecule has 1 aromatic carbocycles. The smallest absolute Gasteiger partial charge is 0.252 e. The summed E-state index contributed by atoms with van der Waals surface area (Å²) in [5, 5.41) is 22.4. The molecule has 2 atom stereocenters. The summed E-state index contributed by atoms with van der Waals surface area (Å²) in [6, 6.07) is 4.17. The molecule has 1 aliphatic rings. The monoisotopic (exact) mass is 295 g/mol. The first-order chi connectivity index (χ1) is 9.80. The summed E-state index contributed by atoms with van der Waals surface area (Å²) < 4.78 is 10.9. The van der Waals surface area contributed by atoms with Gasteiger partial charge in [-0.05, 0) is 32.9 Å². The van der Waals surface area contributed by atoms with Gasteiger partial charge in [0.1, 0.15) is 5.75 Å². The molecule has 6 nitrogen and oxygen atoms in total. The SMILES string of the molecule is Cc1c(O)cccc1C(=O)N[C@H]1COC(C)(C)OC[C@@H]1O. The van der Waals surface area contributed by atoms with Crippen LogP contribution < -0.4 is 5.32 Å². The van der Waals surface area contributed by atoms with Crippen LogP contribution in [0.3, 0.4) is 0 Å². The molecular formula is C15H21NO5. The summed E-state index contributed by atoms with van der Waals surface area (Å²) in [5.41, 5.74) is 0.863. The highest BCUT2D eigenvalue weighted by molar-refractivity contribution is 5.96. The first-order valence-corrected chi connectivity index (χ1v) is 6.85. The van der Waals surface area contributed by atoms with Gasteiger partial charge in [0, 0.05) is 11.1 Å². The van der Waals surface area contributed by atoms with Crippen LogP contribution in [-0.4, -0.2) is 47.3 Å². The maximum absolute atomic E-state index is 12.3. The second-order valence-electron chi connectivity index (χ2n) is 5.62. The van der Waals surface area contributed by atoms with Crippen LogP contribution >= 0.6 is 0 Å². The Kier molecular flexibility index (Phi) is 4.51. The summed E-state index contributed by atoms with van der Waals surface area (Å²) in [7, 11) is 0. The molecule has 6 heteroatoms. The lowest BCUT2D eigenvalue weighted by atomic mass is 10.1. The highest BCUT2D eigenvalue weighted by atomic mass is 16.7. The molecule has 0 saturated carbocycles. The van der Waals surface area contributed by atoms with E-state index in [9.17, 15) is 15.0 Å². The summed E-state index contributed by atoms with van der Waals surface area (Å²) >= 11 is 0. The molecule has 0 spiro atoms. The van der Waals surface area contributed by atoms with Crippen molar-refractivity contribution in [2.24, 2.45) is 0 Å². The molecule has 116 valence electrons. The van der Waals surface area contributed by atoms with E-state index in [1.807, 2.05) is 0 Å². The van der Waals surface area contributed by atoms with Crippen LogP contribution in [0.25, 0.3) is 0 Å². The quantitative estimate of drug-likeness (QED) is 0.756. The summed E-state index contributed by atoms with van der Waals surface area (Å²) in [6.07, 6.45) is -0.853. The van der Waals surface area contributed by atoms with Crippen LogP contribution in [0.5, 0.6) is 5.75 Å². The molecule has 0 aliphatic carbocycles. The van der Waals surface area contributed by atoms with Crippen LogP contribution in [0.2, 0.25) is 0 Å². The van der Waals surface area contributed by atoms with Gasteiger partial charge in [-0.3, -0.25) is 4.79 Å². The van der Waals surface area contributed by atoms with Crippen molar-refractivity contribution in [2.75, 3.05) is 13.2 Å². The molecule has 1 aromatic rings. The minimum atomic E-state index is -0.853. The van der Waals surface area contributed by atoms with E-state index in [0.29, 0.717) is 11.1 Å². The Bertz CT molecular complexity index is 529. The van der Waals surface area contributed by atoms with Crippen molar-refractivity contribution in [2.45, 2.75) is 38.7 Å². The highest BCUT2D eigenvalue weighted by Gasteiger charge is 2.32. The first kappa shape index (κ1) is 15.8. The largest absolute Gasteiger partial charge is 0.508 e. The van der Waals surface area contributed by atoms with Gasteiger partial charge in [-0.1, -0.05) is 6.07 Å². The molecule has 1 aliphatic heterocycles. The number of aromatic hydroxyl groups is 1. The zero-order chi connectivity index (χ0) is 15.6. The van der Waals surface area contributed by atoms with E-state index in [2.05, 4.69) is 5.32 Å². The van der Waals surface area contributed by atoms with Crippen molar-refractivity contribution in [3.05, 3.63) is 29.3 Å². The van der Waals surface area contributed by atoms with E-state index in [0.717, 1.165) is 0 Å². The molecular weight excluding hydrogens is 274 g/mol. The fourth-order valence-electron chi connectivity index (χ4n) is 2.10. The lowest BCUT2D eigenvalue weighted by Gasteiger charge is -2.23. The average molecular weight is 295 g/mol. The molecule has 1 saturated heterocycles. The van der Waals surface area contributed by atoms with Gasteiger partial charge in [-0.15, -0.1) is 0 Å². The highest BCUT2D eigenvalue weighted by Crippen LogP contribution is 2.21. The van der Waals surface area contributed by atoms with E-state index in [-0.39, 0.29) is 24.9 Å². The maximum Gasteiger partial charge on any atom is 0.252 e. The molecule has 0 unspecified atom stereocenters. The third kappa shape index (κ3) is 3.72. The van der Waals surface area contributed by atoms with Gasteiger partial charge in [0.2, 0.25) is 0 Å². The van der Waals surface area contributed by atoms with E-state index in [1.54, 1.807) is 32.9 Å². The fraction of sp³-hybridized carbons (Fsp3) is 0.533. The van der Waals surface area contributed by atoms with Gasteiger partial charge in [0.15, 0.2) is 5.79 Å². The minimum Gasteiger partial charge on any atom is -0.508 e. The maximum atomic E-state index is 12.3. The summed E-state index contributed by atoms with van der Waals surface area (Å²) in [6.45, 7) is 5.40. The lowest BCUT2D eigenvalue weighted by Crippen LogP contribution is -2.47. The molecule has 1 fully saturated rings. The summed E-state index contributed by atoms with van der Waals surface area (Å²) in [4.78, 5) is 12.3. The van der Waals surface area contributed by atoms with Crippen LogP contribution in [0, 0.1) is 6.92 Å². The van der Waals surface area contributed by atoms with Crippen molar-refractivity contribution in [1.82, 2.24) is 5.32 Å². The summed E-state index contributed by atoms with van der Waals surface area (Å²) in [5.74, 6) is -1.10. The zero-order valence-electron chi connectivity index (χ0n) is 12.4. The molecule has 0 aromatic heterocycles. The molecule has 3 N–H and O–H groups in total. The molecule has 21 heavy (non-hydrogen) atoms. The van der Waals surface area contributed by atoms with Crippen molar-refractivity contribution in [1.29, 1.82) is 0 Å². The number of benzene rings is 1. The fourth-order valence-corrected chi connectivity index (χ4v) is 2.10. The third-order valence-corrected chi connectivity index (χ3v) is 3.54. The Morgan fingerprint density at radius 3 is 2.71 bits per heavy atom. The topological polar surface area (TPSA) is 88.0 Å². The second kappa shape index (κ2) is 6.01. The molecule has 1 amide bonds. The standard InChI is InChI=1S/C15H21NO5/c1-9-10(5-4-6-12(9)17)14(19)16-11-7-20-15(2,3)21-8-13(11)18/h4-6,11,13,17-18H,7-8H2,1-3H3,(H,16,19)/t11-,13-/m0/s1. The first-order valence-electron chi connectivity index (χ1n) is 6.85. The van der Waals surface area contributed by atoms with E-state index >= 15 is 0 Å². The number of carbonyl (C=O) groups excluding carboxylic acids is 1. The number of amides is 1. The van der Waals surface area contributed by atoms with Crippen molar-refractivity contribution in [3.8, 4) is 5.75 Å². The Hall–Kier alpha value is -1.63. The normalized spacial score (nSPS) is 25.1. The van der Waals surface area contributed by atoms with Crippen molar-refractivity contribution >= 4 is 5.91 Å².